The van der Waals surface area contributed by atoms with Gasteiger partial charge in [-0.1, -0.05) is 48.5 Å². The van der Waals surface area contributed by atoms with Crippen LogP contribution in [0.5, 0.6) is 17.2 Å². The van der Waals surface area contributed by atoms with Crippen LogP contribution in [0.25, 0.3) is 21.9 Å². The number of methoxy groups -OCH3 is 3. The molecule has 0 saturated carbocycles. The van der Waals surface area contributed by atoms with Gasteiger partial charge < -0.3 is 18.8 Å². The maximum atomic E-state index is 13.2. The molecule has 3 aromatic carbocycles. The van der Waals surface area contributed by atoms with E-state index in [1.807, 2.05) is 72.9 Å². The van der Waals surface area contributed by atoms with E-state index in [0.717, 1.165) is 22.1 Å². The second-order valence-corrected chi connectivity index (χ2v) is 6.92. The molecule has 0 radical (unpaired) electrons. The molecular weight excluding hydrogens is 378 g/mol. The molecule has 0 aliphatic carbocycles. The van der Waals surface area contributed by atoms with Crippen molar-refractivity contribution in [2.45, 2.75) is 6.54 Å². The van der Waals surface area contributed by atoms with E-state index in [2.05, 4.69) is 0 Å². The van der Waals surface area contributed by atoms with Gasteiger partial charge in [0.2, 0.25) is 5.75 Å². The van der Waals surface area contributed by atoms with E-state index >= 15 is 0 Å². The van der Waals surface area contributed by atoms with Crippen LogP contribution in [-0.2, 0) is 6.54 Å². The Hall–Kier alpha value is -3.73. The maximum absolute atomic E-state index is 13.2. The molecule has 30 heavy (non-hydrogen) atoms. The summed E-state index contributed by atoms with van der Waals surface area (Å²) >= 11 is 0. The molecule has 5 nitrogen and oxygen atoms in total. The number of benzene rings is 3. The van der Waals surface area contributed by atoms with Crippen LogP contribution in [0, 0.1) is 0 Å². The van der Waals surface area contributed by atoms with Gasteiger partial charge in [-0.05, 0) is 34.7 Å². The number of pyridine rings is 1. The Labute approximate surface area is 175 Å². The standard InChI is InChI=1S/C25H23NO4/c1-28-22-13-18(14-23(29-2)24(22)30-3)21-16-26(15-17-9-5-4-6-10-17)25(27)20-12-8-7-11-19(20)21/h4-14,16H,15H2,1-3H3. The van der Waals surface area contributed by atoms with Gasteiger partial charge in [-0.2, -0.15) is 0 Å². The minimum atomic E-state index is -0.0226. The molecule has 5 heteroatoms. The van der Waals surface area contributed by atoms with E-state index < -0.39 is 0 Å². The number of fused-ring (bicyclic) bond motifs is 1. The minimum Gasteiger partial charge on any atom is -0.493 e. The third-order valence-electron chi connectivity index (χ3n) is 5.16. The highest BCUT2D eigenvalue weighted by Crippen LogP contribution is 2.42. The van der Waals surface area contributed by atoms with Gasteiger partial charge in [-0.15, -0.1) is 0 Å². The van der Waals surface area contributed by atoms with E-state index in [9.17, 15) is 4.79 Å². The van der Waals surface area contributed by atoms with Crippen LogP contribution in [0.1, 0.15) is 5.56 Å². The van der Waals surface area contributed by atoms with Gasteiger partial charge >= 0.3 is 0 Å². The van der Waals surface area contributed by atoms with Crippen molar-refractivity contribution >= 4 is 10.8 Å². The number of nitrogens with zero attached hydrogens (tertiary/aromatic N) is 1. The van der Waals surface area contributed by atoms with Gasteiger partial charge in [-0.3, -0.25) is 4.79 Å². The first-order valence-electron chi connectivity index (χ1n) is 9.62. The summed E-state index contributed by atoms with van der Waals surface area (Å²) in [5.74, 6) is 1.67. The van der Waals surface area contributed by atoms with Crippen molar-refractivity contribution < 1.29 is 14.2 Å². The first-order chi connectivity index (χ1) is 14.7. The normalized spacial score (nSPS) is 10.8. The predicted molar refractivity (Wildman–Crippen MR) is 119 cm³/mol. The summed E-state index contributed by atoms with van der Waals surface area (Å²) in [4.78, 5) is 13.2. The van der Waals surface area contributed by atoms with Crippen molar-refractivity contribution in [2.75, 3.05) is 21.3 Å². The molecule has 0 bridgehead atoms. The van der Waals surface area contributed by atoms with Crippen LogP contribution in [0.2, 0.25) is 0 Å². The van der Waals surface area contributed by atoms with Crippen LogP contribution >= 0.6 is 0 Å². The van der Waals surface area contributed by atoms with E-state index in [1.54, 1.807) is 25.9 Å². The van der Waals surface area contributed by atoms with Crippen LogP contribution in [0.4, 0.5) is 0 Å². The zero-order valence-electron chi connectivity index (χ0n) is 17.2. The fourth-order valence-corrected chi connectivity index (χ4v) is 3.71. The first kappa shape index (κ1) is 19.6. The molecule has 0 saturated heterocycles. The predicted octanol–water partition coefficient (Wildman–Crippen LogP) is 4.74. The highest BCUT2D eigenvalue weighted by Gasteiger charge is 2.17. The Morgan fingerprint density at radius 2 is 1.37 bits per heavy atom. The number of hydrogen-bond donors (Lipinski definition) is 0. The van der Waals surface area contributed by atoms with Crippen molar-refractivity contribution in [2.24, 2.45) is 0 Å². The number of ether oxygens (including phenoxy) is 3. The average Bonchev–Trinajstić information content (AvgIpc) is 2.80. The highest BCUT2D eigenvalue weighted by atomic mass is 16.5. The van der Waals surface area contributed by atoms with E-state index in [0.29, 0.717) is 29.2 Å². The molecule has 1 heterocycles. The van der Waals surface area contributed by atoms with Crippen LogP contribution < -0.4 is 19.8 Å². The quantitative estimate of drug-likeness (QED) is 0.468. The third-order valence-corrected chi connectivity index (χ3v) is 5.16. The largest absolute Gasteiger partial charge is 0.493 e. The smallest absolute Gasteiger partial charge is 0.258 e. The Bertz CT molecular complexity index is 1220. The Morgan fingerprint density at radius 1 is 0.767 bits per heavy atom. The summed E-state index contributed by atoms with van der Waals surface area (Å²) < 4.78 is 18.3. The molecule has 0 atom stereocenters. The molecule has 0 aliphatic rings. The van der Waals surface area contributed by atoms with Gasteiger partial charge in [0.15, 0.2) is 11.5 Å². The molecule has 1 aromatic heterocycles. The fraction of sp³-hybridized carbons (Fsp3) is 0.160. The molecule has 152 valence electrons. The number of aromatic nitrogens is 1. The molecule has 4 aromatic rings. The second-order valence-electron chi connectivity index (χ2n) is 6.92. The molecule has 4 rings (SSSR count). The van der Waals surface area contributed by atoms with Crippen molar-refractivity contribution in [3.05, 3.63) is 88.8 Å². The first-order valence-corrected chi connectivity index (χ1v) is 9.62. The van der Waals surface area contributed by atoms with Gasteiger partial charge in [0.05, 0.1) is 27.9 Å². The average molecular weight is 401 g/mol. The monoisotopic (exact) mass is 401 g/mol. The lowest BCUT2D eigenvalue weighted by Crippen LogP contribution is -2.20. The summed E-state index contributed by atoms with van der Waals surface area (Å²) in [6.07, 6.45) is 1.90. The lowest BCUT2D eigenvalue weighted by atomic mass is 9.99. The maximum Gasteiger partial charge on any atom is 0.258 e. The summed E-state index contributed by atoms with van der Waals surface area (Å²) in [6, 6.07) is 21.4. The Morgan fingerprint density at radius 3 is 1.97 bits per heavy atom. The fourth-order valence-electron chi connectivity index (χ4n) is 3.71. The zero-order chi connectivity index (χ0) is 21.1. The molecule has 0 aliphatic heterocycles. The van der Waals surface area contributed by atoms with Crippen molar-refractivity contribution in [3.8, 4) is 28.4 Å². The lowest BCUT2D eigenvalue weighted by molar-refractivity contribution is 0.324. The molecular formula is C25H23NO4. The number of rotatable bonds is 6. The molecule has 0 spiro atoms. The molecule has 0 unspecified atom stereocenters. The summed E-state index contributed by atoms with van der Waals surface area (Å²) in [5.41, 5.74) is 2.83. The molecule has 0 N–H and O–H groups in total. The Kier molecular flexibility index (Phi) is 5.44. The van der Waals surface area contributed by atoms with Crippen molar-refractivity contribution in [1.82, 2.24) is 4.57 Å². The second kappa shape index (κ2) is 8.33. The van der Waals surface area contributed by atoms with Crippen LogP contribution in [0.15, 0.2) is 77.7 Å². The SMILES string of the molecule is COc1cc(-c2cn(Cc3ccccc3)c(=O)c3ccccc23)cc(OC)c1OC. The third kappa shape index (κ3) is 3.50. The topological polar surface area (TPSA) is 49.7 Å². The zero-order valence-corrected chi connectivity index (χ0v) is 17.2. The van der Waals surface area contributed by atoms with Gasteiger partial charge in [-0.25, -0.2) is 0 Å². The summed E-state index contributed by atoms with van der Waals surface area (Å²) in [7, 11) is 4.76. The van der Waals surface area contributed by atoms with E-state index in [-0.39, 0.29) is 5.56 Å². The highest BCUT2D eigenvalue weighted by molar-refractivity contribution is 5.96. The van der Waals surface area contributed by atoms with Gasteiger partial charge in [0.1, 0.15) is 0 Å². The summed E-state index contributed by atoms with van der Waals surface area (Å²) in [5, 5.41) is 1.54. The summed E-state index contributed by atoms with van der Waals surface area (Å²) in [6.45, 7) is 0.488. The van der Waals surface area contributed by atoms with Crippen LogP contribution in [0.3, 0.4) is 0 Å². The minimum absolute atomic E-state index is 0.0226. The molecule has 0 amide bonds. The van der Waals surface area contributed by atoms with Gasteiger partial charge in [0.25, 0.3) is 5.56 Å². The number of hydrogen-bond acceptors (Lipinski definition) is 4. The van der Waals surface area contributed by atoms with E-state index in [1.165, 1.54) is 0 Å². The van der Waals surface area contributed by atoms with Crippen molar-refractivity contribution in [1.29, 1.82) is 0 Å². The van der Waals surface area contributed by atoms with Crippen molar-refractivity contribution in [3.63, 3.8) is 0 Å². The lowest BCUT2D eigenvalue weighted by Gasteiger charge is -2.17. The van der Waals surface area contributed by atoms with Gasteiger partial charge in [0, 0.05) is 17.1 Å². The van der Waals surface area contributed by atoms with E-state index in [4.69, 9.17) is 14.2 Å². The van der Waals surface area contributed by atoms with Crippen LogP contribution in [-0.4, -0.2) is 25.9 Å². The Balaban J connectivity index is 1.97. The molecule has 0 fully saturated rings.